The van der Waals surface area contributed by atoms with Gasteiger partial charge in [0.2, 0.25) is 21.8 Å². The van der Waals surface area contributed by atoms with Crippen molar-refractivity contribution in [2.75, 3.05) is 24.2 Å². The third kappa shape index (κ3) is 3.32. The molecule has 28 heavy (non-hydrogen) atoms. The molecule has 1 N–H and O–H groups in total. The van der Waals surface area contributed by atoms with Gasteiger partial charge >= 0.3 is 0 Å². The van der Waals surface area contributed by atoms with Gasteiger partial charge in [-0.1, -0.05) is 11.6 Å². The second-order valence-corrected chi connectivity index (χ2v) is 11.3. The summed E-state index contributed by atoms with van der Waals surface area (Å²) >= 11 is 7.77. The Morgan fingerprint density at radius 3 is 2.75 bits per heavy atom. The quantitative estimate of drug-likeness (QED) is 0.772. The largest absolute Gasteiger partial charge is 0.324 e. The summed E-state index contributed by atoms with van der Waals surface area (Å²) in [5.74, 6) is 0.208. The molecule has 0 radical (unpaired) electrons. The molecule has 1 aromatic carbocycles. The summed E-state index contributed by atoms with van der Waals surface area (Å²) in [5, 5.41) is 2.91. The Kier molecular flexibility index (Phi) is 5.14. The van der Waals surface area contributed by atoms with Crippen LogP contribution in [0.1, 0.15) is 32.6 Å². The number of thioether (sulfide) groups is 1. The number of benzene rings is 1. The van der Waals surface area contributed by atoms with Gasteiger partial charge in [-0.2, -0.15) is 4.31 Å². The second kappa shape index (κ2) is 7.19. The van der Waals surface area contributed by atoms with E-state index in [-0.39, 0.29) is 26.6 Å². The maximum absolute atomic E-state index is 12.9. The van der Waals surface area contributed by atoms with Gasteiger partial charge in [-0.3, -0.25) is 9.59 Å². The molecule has 1 aromatic rings. The van der Waals surface area contributed by atoms with E-state index in [1.165, 1.54) is 16.4 Å². The van der Waals surface area contributed by atoms with Crippen LogP contribution in [0.15, 0.2) is 23.1 Å². The van der Waals surface area contributed by atoms with Crippen LogP contribution in [-0.2, 0) is 19.6 Å². The molecule has 152 valence electrons. The zero-order chi connectivity index (χ0) is 20.1. The van der Waals surface area contributed by atoms with Gasteiger partial charge in [0.1, 0.15) is 10.9 Å². The lowest BCUT2D eigenvalue weighted by atomic mass is 10.2. The topological polar surface area (TPSA) is 86.8 Å². The van der Waals surface area contributed by atoms with Gasteiger partial charge in [-0.25, -0.2) is 8.42 Å². The molecule has 0 bridgehead atoms. The van der Waals surface area contributed by atoms with Gasteiger partial charge in [0.25, 0.3) is 0 Å². The summed E-state index contributed by atoms with van der Waals surface area (Å²) in [5.41, 5.74) is 0.359. The van der Waals surface area contributed by atoms with Crippen molar-refractivity contribution in [3.8, 4) is 0 Å². The Hall–Kier alpha value is -1.29. The number of fused-ring (bicyclic) bond motifs is 1. The van der Waals surface area contributed by atoms with E-state index in [4.69, 9.17) is 11.6 Å². The van der Waals surface area contributed by atoms with E-state index < -0.39 is 16.1 Å². The number of nitrogens with one attached hydrogen (secondary N) is 1. The number of anilines is 1. The minimum absolute atomic E-state index is 0.00301. The van der Waals surface area contributed by atoms with Crippen LogP contribution < -0.4 is 5.32 Å². The Bertz CT molecular complexity index is 933. The highest BCUT2D eigenvalue weighted by Crippen LogP contribution is 2.47. The van der Waals surface area contributed by atoms with E-state index >= 15 is 0 Å². The fourth-order valence-corrected chi connectivity index (χ4v) is 7.54. The third-order valence-corrected chi connectivity index (χ3v) is 9.51. The summed E-state index contributed by atoms with van der Waals surface area (Å²) in [7, 11) is -3.70. The van der Waals surface area contributed by atoms with Crippen LogP contribution >= 0.6 is 23.4 Å². The zero-order valence-electron chi connectivity index (χ0n) is 15.5. The number of nitrogens with zero attached hydrogens (tertiary/aromatic N) is 2. The standard InChI is InChI=1S/C18H22ClN3O4S2/c1-18-7-6-16(23)22(18)14(11-27-18)17(24)20-12-4-5-13(19)15(10-12)28(25,26)21-8-2-3-9-21/h4-5,10,14H,2-3,6-9,11H2,1H3,(H,20,24)/t14-,18-/m0/s1. The minimum Gasteiger partial charge on any atom is -0.324 e. The smallest absolute Gasteiger partial charge is 0.248 e. The van der Waals surface area contributed by atoms with Gasteiger partial charge in [0.05, 0.1) is 9.89 Å². The lowest BCUT2D eigenvalue weighted by Crippen LogP contribution is -2.48. The highest BCUT2D eigenvalue weighted by atomic mass is 35.5. The van der Waals surface area contributed by atoms with E-state index in [0.717, 1.165) is 19.3 Å². The number of sulfonamides is 1. The minimum atomic E-state index is -3.70. The molecule has 3 aliphatic heterocycles. The first kappa shape index (κ1) is 20.0. The number of carbonyl (C=O) groups is 2. The number of amides is 2. The number of hydrogen-bond acceptors (Lipinski definition) is 5. The Balaban J connectivity index is 1.56. The molecule has 2 amide bonds. The summed E-state index contributed by atoms with van der Waals surface area (Å²) in [4.78, 5) is 26.4. The van der Waals surface area contributed by atoms with Crippen LogP contribution in [0.5, 0.6) is 0 Å². The summed E-state index contributed by atoms with van der Waals surface area (Å²) in [6.45, 7) is 2.94. The molecule has 0 unspecified atom stereocenters. The normalized spacial score (nSPS) is 28.0. The predicted molar refractivity (Wildman–Crippen MR) is 109 cm³/mol. The van der Waals surface area contributed by atoms with Crippen molar-refractivity contribution in [1.82, 2.24) is 9.21 Å². The molecular formula is C18H22ClN3O4S2. The average molecular weight is 444 g/mol. The number of rotatable bonds is 4. The van der Waals surface area contributed by atoms with Gasteiger partial charge in [-0.05, 0) is 44.4 Å². The molecular weight excluding hydrogens is 422 g/mol. The van der Waals surface area contributed by atoms with Gasteiger partial charge in [0.15, 0.2) is 0 Å². The molecule has 10 heteroatoms. The molecule has 0 saturated carbocycles. The zero-order valence-corrected chi connectivity index (χ0v) is 17.9. The first-order valence-electron chi connectivity index (χ1n) is 9.29. The van der Waals surface area contributed by atoms with Crippen molar-refractivity contribution in [3.05, 3.63) is 23.2 Å². The Labute approximate surface area is 173 Å². The van der Waals surface area contributed by atoms with Crippen LogP contribution in [0.2, 0.25) is 5.02 Å². The van der Waals surface area contributed by atoms with E-state index in [9.17, 15) is 18.0 Å². The molecule has 3 aliphatic rings. The van der Waals surface area contributed by atoms with E-state index in [2.05, 4.69) is 5.32 Å². The van der Waals surface area contributed by atoms with Crippen molar-refractivity contribution in [1.29, 1.82) is 0 Å². The Morgan fingerprint density at radius 1 is 1.32 bits per heavy atom. The van der Waals surface area contributed by atoms with Crippen molar-refractivity contribution in [2.24, 2.45) is 0 Å². The number of halogens is 1. The maximum Gasteiger partial charge on any atom is 0.248 e. The highest BCUT2D eigenvalue weighted by molar-refractivity contribution is 8.01. The van der Waals surface area contributed by atoms with E-state index in [1.54, 1.807) is 22.7 Å². The Morgan fingerprint density at radius 2 is 2.04 bits per heavy atom. The van der Waals surface area contributed by atoms with Crippen LogP contribution in [-0.4, -0.2) is 59.2 Å². The monoisotopic (exact) mass is 443 g/mol. The van der Waals surface area contributed by atoms with Crippen LogP contribution in [0.25, 0.3) is 0 Å². The maximum atomic E-state index is 12.9. The van der Waals surface area contributed by atoms with Crippen molar-refractivity contribution < 1.29 is 18.0 Å². The van der Waals surface area contributed by atoms with Crippen LogP contribution in [0.4, 0.5) is 5.69 Å². The first-order valence-corrected chi connectivity index (χ1v) is 12.1. The molecule has 0 spiro atoms. The first-order chi connectivity index (χ1) is 13.2. The van der Waals surface area contributed by atoms with Gasteiger partial charge in [0, 0.05) is 31.0 Å². The van der Waals surface area contributed by atoms with E-state index in [0.29, 0.717) is 31.0 Å². The third-order valence-electron chi connectivity index (χ3n) is 5.63. The molecule has 3 fully saturated rings. The highest BCUT2D eigenvalue weighted by Gasteiger charge is 2.52. The molecule has 2 atom stereocenters. The fourth-order valence-electron chi connectivity index (χ4n) is 4.09. The molecule has 3 heterocycles. The molecule has 0 aliphatic carbocycles. The van der Waals surface area contributed by atoms with Gasteiger partial charge < -0.3 is 10.2 Å². The number of carbonyl (C=O) groups excluding carboxylic acids is 2. The van der Waals surface area contributed by atoms with Crippen molar-refractivity contribution in [3.63, 3.8) is 0 Å². The van der Waals surface area contributed by atoms with Crippen molar-refractivity contribution in [2.45, 2.75) is 48.4 Å². The van der Waals surface area contributed by atoms with E-state index in [1.807, 2.05) is 6.92 Å². The molecule has 7 nitrogen and oxygen atoms in total. The van der Waals surface area contributed by atoms with Crippen molar-refractivity contribution >= 4 is 50.9 Å². The fraction of sp³-hybridized carbons (Fsp3) is 0.556. The SMILES string of the molecule is C[C@]12CCC(=O)N1[C@H](C(=O)Nc1ccc(Cl)c(S(=O)(=O)N3CCCC3)c1)CS2. The molecule has 3 saturated heterocycles. The summed E-state index contributed by atoms with van der Waals surface area (Å²) in [6, 6.07) is 3.91. The lowest BCUT2D eigenvalue weighted by Gasteiger charge is -2.29. The predicted octanol–water partition coefficient (Wildman–Crippen LogP) is 2.52. The summed E-state index contributed by atoms with van der Waals surface area (Å²) < 4.78 is 27.1. The number of hydrogen-bond donors (Lipinski definition) is 1. The average Bonchev–Trinajstić information content (AvgIpc) is 3.35. The van der Waals surface area contributed by atoms with Gasteiger partial charge in [-0.15, -0.1) is 11.8 Å². The summed E-state index contributed by atoms with van der Waals surface area (Å²) in [6.07, 6.45) is 2.84. The van der Waals surface area contributed by atoms with Crippen LogP contribution in [0.3, 0.4) is 0 Å². The molecule has 0 aromatic heterocycles. The second-order valence-electron chi connectivity index (χ2n) is 7.51. The molecule has 4 rings (SSSR count). The van der Waals surface area contributed by atoms with Crippen LogP contribution in [0, 0.1) is 0 Å². The lowest BCUT2D eigenvalue weighted by molar-refractivity contribution is -0.135.